The predicted molar refractivity (Wildman–Crippen MR) is 124 cm³/mol. The summed E-state index contributed by atoms with van der Waals surface area (Å²) < 4.78 is 48.2. The highest BCUT2D eigenvalue weighted by molar-refractivity contribution is 7.93. The van der Waals surface area contributed by atoms with Gasteiger partial charge in [-0.1, -0.05) is 6.07 Å². The summed E-state index contributed by atoms with van der Waals surface area (Å²) >= 11 is 0. The molecule has 0 aliphatic carbocycles. The van der Waals surface area contributed by atoms with E-state index in [4.69, 9.17) is 14.2 Å². The molecule has 0 atom stereocenters. The molecule has 2 heterocycles. The molecule has 33 heavy (non-hydrogen) atoms. The summed E-state index contributed by atoms with van der Waals surface area (Å²) in [5.41, 5.74) is 1.66. The summed E-state index contributed by atoms with van der Waals surface area (Å²) in [5, 5.41) is 9.34. The third kappa shape index (κ3) is 3.84. The lowest BCUT2D eigenvalue weighted by Crippen LogP contribution is -2.28. The summed E-state index contributed by atoms with van der Waals surface area (Å²) in [6.07, 6.45) is 3.58. The molecular formula is C22H25N5O5S. The highest BCUT2D eigenvalue weighted by Crippen LogP contribution is 2.40. The maximum atomic E-state index is 13.7. The van der Waals surface area contributed by atoms with Crippen molar-refractivity contribution in [2.75, 3.05) is 32.7 Å². The van der Waals surface area contributed by atoms with Crippen LogP contribution in [0.25, 0.3) is 10.9 Å². The second-order valence-corrected chi connectivity index (χ2v) is 9.21. The minimum absolute atomic E-state index is 0.0782. The van der Waals surface area contributed by atoms with Crippen LogP contribution in [0, 0.1) is 0 Å². The third-order valence-electron chi connectivity index (χ3n) is 5.38. The Kier molecular flexibility index (Phi) is 5.90. The average Bonchev–Trinajstić information content (AvgIpc) is 3.45. The van der Waals surface area contributed by atoms with Crippen LogP contribution >= 0.6 is 0 Å². The predicted octanol–water partition coefficient (Wildman–Crippen LogP) is 2.67. The van der Waals surface area contributed by atoms with Crippen molar-refractivity contribution < 1.29 is 22.6 Å². The summed E-state index contributed by atoms with van der Waals surface area (Å²) in [7, 11) is 3.47. The maximum absolute atomic E-state index is 13.7. The van der Waals surface area contributed by atoms with Gasteiger partial charge in [0.25, 0.3) is 10.0 Å². The van der Waals surface area contributed by atoms with Crippen molar-refractivity contribution in [3.05, 3.63) is 54.4 Å². The molecule has 10 nitrogen and oxygen atoms in total. The molecule has 0 spiro atoms. The van der Waals surface area contributed by atoms with E-state index < -0.39 is 10.0 Å². The fourth-order valence-electron chi connectivity index (χ4n) is 3.76. The molecule has 0 aliphatic heterocycles. The molecule has 0 saturated carbocycles. The second kappa shape index (κ2) is 8.66. The molecule has 4 rings (SSSR count). The molecule has 174 valence electrons. The Morgan fingerprint density at radius 3 is 2.24 bits per heavy atom. The number of rotatable bonds is 8. The number of aromatic nitrogens is 4. The van der Waals surface area contributed by atoms with Crippen LogP contribution in [-0.2, 0) is 23.6 Å². The monoisotopic (exact) mass is 471 g/mol. The van der Waals surface area contributed by atoms with Gasteiger partial charge in [0.2, 0.25) is 0 Å². The van der Waals surface area contributed by atoms with Gasteiger partial charge in [-0.2, -0.15) is 10.2 Å². The smallest absolute Gasteiger partial charge is 0.272 e. The second-order valence-electron chi connectivity index (χ2n) is 7.31. The highest BCUT2D eigenvalue weighted by atomic mass is 32.2. The molecule has 0 amide bonds. The highest BCUT2D eigenvalue weighted by Gasteiger charge is 2.32. The lowest BCUT2D eigenvalue weighted by Gasteiger charge is -2.21. The first-order valence-corrected chi connectivity index (χ1v) is 11.5. The molecule has 4 aromatic rings. The van der Waals surface area contributed by atoms with Crippen molar-refractivity contribution in [1.82, 2.24) is 19.6 Å². The van der Waals surface area contributed by atoms with E-state index in [1.165, 1.54) is 21.3 Å². The molecule has 0 aliphatic rings. The van der Waals surface area contributed by atoms with Gasteiger partial charge in [0.1, 0.15) is 17.2 Å². The van der Waals surface area contributed by atoms with Gasteiger partial charge in [-0.3, -0.25) is 13.7 Å². The Morgan fingerprint density at radius 1 is 1.00 bits per heavy atom. The Balaban J connectivity index is 1.87. The number of hydrogen-bond donors (Lipinski definition) is 0. The Bertz CT molecular complexity index is 1370. The molecular weight excluding hydrogens is 446 g/mol. The zero-order valence-electron chi connectivity index (χ0n) is 19.0. The summed E-state index contributed by atoms with van der Waals surface area (Å²) in [4.78, 5) is -0.0782. The summed E-state index contributed by atoms with van der Waals surface area (Å²) in [6, 6.07) is 10.5. The number of aryl methyl sites for hydroxylation is 1. The first-order valence-electron chi connectivity index (χ1n) is 10.0. The van der Waals surface area contributed by atoms with E-state index in [0.29, 0.717) is 17.7 Å². The van der Waals surface area contributed by atoms with Gasteiger partial charge in [-0.05, 0) is 35.9 Å². The van der Waals surface area contributed by atoms with Gasteiger partial charge >= 0.3 is 0 Å². The first kappa shape index (κ1) is 22.5. The van der Waals surface area contributed by atoms with E-state index in [1.54, 1.807) is 47.9 Å². The van der Waals surface area contributed by atoms with Crippen molar-refractivity contribution in [1.29, 1.82) is 0 Å². The quantitative estimate of drug-likeness (QED) is 0.389. The molecule has 2 aromatic carbocycles. The first-order chi connectivity index (χ1) is 15.8. The van der Waals surface area contributed by atoms with Crippen LogP contribution in [0.5, 0.6) is 17.2 Å². The third-order valence-corrected chi connectivity index (χ3v) is 7.19. The zero-order chi connectivity index (χ0) is 23.8. The molecule has 0 radical (unpaired) electrons. The molecule has 0 unspecified atom stereocenters. The van der Waals surface area contributed by atoms with Crippen LogP contribution in [-0.4, -0.2) is 56.4 Å². The van der Waals surface area contributed by atoms with E-state index in [-0.39, 0.29) is 22.2 Å². The van der Waals surface area contributed by atoms with Crippen molar-refractivity contribution in [2.45, 2.75) is 11.4 Å². The van der Waals surface area contributed by atoms with Gasteiger partial charge in [-0.25, -0.2) is 8.42 Å². The van der Waals surface area contributed by atoms with Crippen molar-refractivity contribution in [3.63, 3.8) is 0 Å². The lowest BCUT2D eigenvalue weighted by molar-refractivity contribution is 0.373. The van der Waals surface area contributed by atoms with Gasteiger partial charge in [-0.15, -0.1) is 0 Å². The van der Waals surface area contributed by atoms with Gasteiger partial charge < -0.3 is 14.2 Å². The van der Waals surface area contributed by atoms with Crippen LogP contribution in [0.3, 0.4) is 0 Å². The summed E-state index contributed by atoms with van der Waals surface area (Å²) in [5.74, 6) is 1.08. The molecule has 2 aromatic heterocycles. The molecule has 0 bridgehead atoms. The number of nitrogens with zero attached hydrogens (tertiary/aromatic N) is 5. The summed E-state index contributed by atoms with van der Waals surface area (Å²) in [6.45, 7) is 0.534. The van der Waals surface area contributed by atoms with Crippen LogP contribution in [0.2, 0.25) is 0 Å². The normalized spacial score (nSPS) is 11.5. The fraction of sp³-hybridized carbons (Fsp3) is 0.273. The SMILES string of the molecule is COc1cccc(OC)c1S(=O)(=O)N(C)c1nn(C)c2cc(Cn3cccn3)cc(OC)c12. The Morgan fingerprint density at radius 2 is 1.67 bits per heavy atom. The van der Waals surface area contributed by atoms with E-state index in [0.717, 1.165) is 15.4 Å². The molecule has 0 fully saturated rings. The number of ether oxygens (including phenoxy) is 3. The molecule has 0 saturated heterocycles. The van der Waals surface area contributed by atoms with Gasteiger partial charge in [0, 0.05) is 26.5 Å². The minimum atomic E-state index is -4.09. The van der Waals surface area contributed by atoms with Crippen molar-refractivity contribution >= 4 is 26.7 Å². The molecule has 0 N–H and O–H groups in total. The number of fused-ring (bicyclic) bond motifs is 1. The lowest BCUT2D eigenvalue weighted by atomic mass is 10.1. The maximum Gasteiger partial charge on any atom is 0.272 e. The Labute approximate surface area is 191 Å². The standard InChI is InChI=1S/C22H25N5O5S/c1-25-16-12-15(14-27-11-7-10-23-27)13-19(32-5)20(16)22(24-25)26(2)33(28,29)21-17(30-3)8-6-9-18(21)31-4/h6-13H,14H2,1-5H3. The van der Waals surface area contributed by atoms with Crippen LogP contribution in [0.1, 0.15) is 5.56 Å². The van der Waals surface area contributed by atoms with E-state index in [2.05, 4.69) is 10.2 Å². The van der Waals surface area contributed by atoms with Gasteiger partial charge in [0.15, 0.2) is 10.7 Å². The topological polar surface area (TPSA) is 101 Å². The fourth-order valence-corrected chi connectivity index (χ4v) is 5.20. The largest absolute Gasteiger partial charge is 0.496 e. The molecule has 11 heteroatoms. The number of anilines is 1. The van der Waals surface area contributed by atoms with Crippen LogP contribution in [0.4, 0.5) is 5.82 Å². The Hall–Kier alpha value is -3.73. The number of benzene rings is 2. The van der Waals surface area contributed by atoms with Gasteiger partial charge in [0.05, 0.1) is 38.8 Å². The van der Waals surface area contributed by atoms with E-state index in [1.807, 2.05) is 24.4 Å². The number of methoxy groups -OCH3 is 3. The minimum Gasteiger partial charge on any atom is -0.496 e. The average molecular weight is 472 g/mol. The number of sulfonamides is 1. The van der Waals surface area contributed by atoms with Crippen LogP contribution < -0.4 is 18.5 Å². The van der Waals surface area contributed by atoms with E-state index in [9.17, 15) is 8.42 Å². The zero-order valence-corrected chi connectivity index (χ0v) is 19.8. The van der Waals surface area contributed by atoms with Crippen LogP contribution in [0.15, 0.2) is 53.7 Å². The number of hydrogen-bond acceptors (Lipinski definition) is 7. The van der Waals surface area contributed by atoms with E-state index >= 15 is 0 Å². The van der Waals surface area contributed by atoms with Crippen molar-refractivity contribution in [2.24, 2.45) is 7.05 Å². The van der Waals surface area contributed by atoms with Crippen molar-refractivity contribution in [3.8, 4) is 17.2 Å².